The Morgan fingerprint density at radius 1 is 0.123 bits per heavy atom. The number of fused-ring (bicyclic) bond motifs is 12. The fourth-order valence-electron chi connectivity index (χ4n) is 20.7. The summed E-state index contributed by atoms with van der Waals surface area (Å²) in [5.74, 6) is 0. The van der Waals surface area contributed by atoms with Crippen LogP contribution in [0.1, 0.15) is 0 Å². The molecule has 0 bridgehead atoms. The molecule has 0 amide bonds. The number of benzene rings is 22. The van der Waals surface area contributed by atoms with Crippen molar-refractivity contribution < 1.29 is 0 Å². The zero-order chi connectivity index (χ0) is 68.7. The largest absolute Gasteiger partial charge is 0.0622 e. The Morgan fingerprint density at radius 2 is 0.387 bits per heavy atom. The van der Waals surface area contributed by atoms with Crippen molar-refractivity contribution in [2.75, 3.05) is 0 Å². The average Bonchev–Trinajstić information content (AvgIpc) is 1.52. The molecule has 22 aromatic carbocycles. The summed E-state index contributed by atoms with van der Waals surface area (Å²) in [5.41, 5.74) is 22.6. The molecular formula is C106H58. The monoisotopic (exact) mass is 1330 g/mol. The molecule has 0 N–H and O–H groups in total. The second kappa shape index (κ2) is 21.0. The van der Waals surface area contributed by atoms with Crippen LogP contribution in [-0.4, -0.2) is 0 Å². The van der Waals surface area contributed by atoms with E-state index in [0.717, 1.165) is 0 Å². The second-order valence-electron chi connectivity index (χ2n) is 29.7. The van der Waals surface area contributed by atoms with Crippen molar-refractivity contribution in [3.05, 3.63) is 394 Å². The van der Waals surface area contributed by atoms with Gasteiger partial charge in [-0.3, -0.25) is 0 Å². The molecule has 0 heteroatoms. The first-order valence-electron chi connectivity index (χ1n) is 37.2. The maximum atomic E-state index is 2.51. The summed E-state index contributed by atoms with van der Waals surface area (Å²) < 4.78 is 0. The first-order valence-corrected chi connectivity index (χ1v) is 37.2. The summed E-state index contributed by atoms with van der Waals surface area (Å²) in [5, 5.41) is 39.1. The highest BCUT2D eigenvalue weighted by Crippen LogP contribution is 2.60. The van der Waals surface area contributed by atoms with Crippen LogP contribution in [0.5, 0.6) is 0 Å². The van der Waals surface area contributed by atoms with Crippen molar-refractivity contribution in [2.24, 2.45) is 0 Å². The first-order chi connectivity index (χ1) is 52.7. The zero-order valence-corrected chi connectivity index (χ0v) is 57.5. The van der Waals surface area contributed by atoms with Gasteiger partial charge in [-0.1, -0.05) is 346 Å². The van der Waals surface area contributed by atoms with E-state index in [9.17, 15) is 0 Å². The molecule has 0 atom stereocenters. The summed E-state index contributed by atoms with van der Waals surface area (Å²) in [4.78, 5) is 0. The smallest absolute Gasteiger partial charge is 0.000740 e. The van der Waals surface area contributed by atoms with E-state index in [4.69, 9.17) is 0 Å². The van der Waals surface area contributed by atoms with E-state index in [2.05, 4.69) is 352 Å². The van der Waals surface area contributed by atoms with Crippen molar-refractivity contribution in [2.45, 2.75) is 0 Å². The molecule has 0 nitrogen and oxygen atoms in total. The minimum atomic E-state index is 1.18. The number of hydrogen-bond donors (Lipinski definition) is 0. The molecule has 0 fully saturated rings. The van der Waals surface area contributed by atoms with Gasteiger partial charge < -0.3 is 0 Å². The molecule has 0 heterocycles. The molecule has 25 rings (SSSR count). The summed E-state index contributed by atoms with van der Waals surface area (Å²) >= 11 is 0. The van der Waals surface area contributed by atoms with Crippen molar-refractivity contribution in [3.8, 4) is 100 Å². The molecule has 3 aliphatic rings. The maximum absolute atomic E-state index is 2.51. The van der Waals surface area contributed by atoms with E-state index >= 15 is 0 Å². The molecule has 0 saturated carbocycles. The number of rotatable bonds is 7. The third-order valence-corrected chi connectivity index (χ3v) is 24.7. The van der Waals surface area contributed by atoms with Crippen LogP contribution in [-0.2, 0) is 0 Å². The van der Waals surface area contributed by atoms with Gasteiger partial charge >= 0.3 is 0 Å². The summed E-state index contributed by atoms with van der Waals surface area (Å²) in [6, 6.07) is 134. The summed E-state index contributed by atoms with van der Waals surface area (Å²) in [6.45, 7) is 0. The Bertz CT molecular complexity index is 7970. The molecule has 482 valence electrons. The number of hydrogen-bond acceptors (Lipinski definition) is 0. The molecule has 0 radical (unpaired) electrons. The quantitative estimate of drug-likeness (QED) is 0.110. The van der Waals surface area contributed by atoms with Gasteiger partial charge in [0.15, 0.2) is 0 Å². The molecule has 0 aromatic heterocycles. The topological polar surface area (TPSA) is 0 Å². The summed E-state index contributed by atoms with van der Waals surface area (Å²) in [6.07, 6.45) is 0. The zero-order valence-electron chi connectivity index (χ0n) is 57.5. The molecular weight excluding hydrogens is 1270 g/mol. The van der Waals surface area contributed by atoms with Crippen LogP contribution < -0.4 is 0 Å². The fraction of sp³-hybridized carbons (Fsp3) is 0. The van der Waals surface area contributed by atoms with Gasteiger partial charge in [0.2, 0.25) is 0 Å². The van der Waals surface area contributed by atoms with Crippen LogP contribution in [0.3, 0.4) is 0 Å². The Labute approximate surface area is 608 Å². The standard InChI is InChI=1S/C106H58/c1-6-22-61(23-7-1)89-70-34-16-17-35-71(70)90(62-24-8-2-9-25-62)102-83-55-49-77-79-51-57-86-100-84(56-50-78(97(79)100)76-48-54-82(101(89)102)99(83)96(76)77)104-92(64-28-12-4-13-29-64)80-45-44-67(58-87(80)94(106(86)104)65-30-14-5-15-31-65)59-40-42-66(43-41-59)93-73-37-19-18-36-72(73)91(63-26-10-3-11-27-63)103-81-52-46-74-68-38-20-32-60-33-21-39-69(88(60)68)75-47-53-85(105(93)103)98(81)95(74)75/h1-58H. The van der Waals surface area contributed by atoms with Crippen LogP contribution in [0.25, 0.3) is 219 Å². The third-order valence-electron chi connectivity index (χ3n) is 24.7. The lowest BCUT2D eigenvalue weighted by molar-refractivity contribution is 1.49. The van der Waals surface area contributed by atoms with Crippen LogP contribution in [0.4, 0.5) is 0 Å². The normalized spacial score (nSPS) is 12.5. The highest BCUT2D eigenvalue weighted by atomic mass is 14.4. The van der Waals surface area contributed by atoms with Crippen LogP contribution in [0.2, 0.25) is 0 Å². The van der Waals surface area contributed by atoms with Gasteiger partial charge in [0.05, 0.1) is 0 Å². The minimum absolute atomic E-state index is 1.18. The van der Waals surface area contributed by atoms with Crippen molar-refractivity contribution in [3.63, 3.8) is 0 Å². The highest BCUT2D eigenvalue weighted by molar-refractivity contribution is 6.40. The minimum Gasteiger partial charge on any atom is -0.0622 e. The molecule has 106 heavy (non-hydrogen) atoms. The van der Waals surface area contributed by atoms with Crippen LogP contribution in [0, 0.1) is 41.7 Å². The van der Waals surface area contributed by atoms with E-state index in [1.807, 2.05) is 0 Å². The third kappa shape index (κ3) is 7.32. The van der Waals surface area contributed by atoms with Crippen LogP contribution in [0.15, 0.2) is 352 Å². The van der Waals surface area contributed by atoms with Crippen molar-refractivity contribution in [1.29, 1.82) is 0 Å². The van der Waals surface area contributed by atoms with Gasteiger partial charge in [-0.15, -0.1) is 0 Å². The van der Waals surface area contributed by atoms with E-state index in [-0.39, 0.29) is 0 Å². The predicted octanol–water partition coefficient (Wildman–Crippen LogP) is 28.3. The fourth-order valence-corrected chi connectivity index (χ4v) is 20.7. The van der Waals surface area contributed by atoms with Crippen molar-refractivity contribution >= 4 is 118 Å². The average molecular weight is 1330 g/mol. The van der Waals surface area contributed by atoms with Gasteiger partial charge in [-0.2, -0.15) is 0 Å². The molecule has 0 unspecified atom stereocenters. The van der Waals surface area contributed by atoms with Gasteiger partial charge in [-0.05, 0) is 266 Å². The van der Waals surface area contributed by atoms with Crippen molar-refractivity contribution in [1.82, 2.24) is 0 Å². The first kappa shape index (κ1) is 56.8. The molecule has 0 aliphatic heterocycles. The lowest BCUT2D eigenvalue weighted by Crippen LogP contribution is -1.94. The SMILES string of the molecule is c1ccc(-c2c3c(c(-c4ccc(-c5ccc6c(-c7ccccc7)c7c(c(-c8ccccc8)c6c5)=c5ccc6c8ccc9c%10c(ccc(c%11ccc=7c5c%116)c%108)=c5c(-c6ccccc6)c6ccccc6c(-c6ccccc6)c5=9)cc4)c4ccccc24)-c2ccc4c5cccc6cccc(c7ccc-3c2c74)c65)cc1. The second-order valence-corrected chi connectivity index (χ2v) is 29.7. The summed E-state index contributed by atoms with van der Waals surface area (Å²) in [7, 11) is 0. The van der Waals surface area contributed by atoms with Crippen LogP contribution >= 0.6 is 0 Å². The Hall–Kier alpha value is -13.8. The van der Waals surface area contributed by atoms with Gasteiger partial charge in [0.1, 0.15) is 0 Å². The van der Waals surface area contributed by atoms with E-state index in [1.54, 1.807) is 0 Å². The lowest BCUT2D eigenvalue weighted by atomic mass is 9.82. The molecule has 0 saturated heterocycles. The highest BCUT2D eigenvalue weighted by Gasteiger charge is 2.33. The maximum Gasteiger partial charge on any atom is -0.000740 e. The lowest BCUT2D eigenvalue weighted by Gasteiger charge is -2.20. The Kier molecular flexibility index (Phi) is 11.2. The van der Waals surface area contributed by atoms with Gasteiger partial charge in [-0.25, -0.2) is 0 Å². The van der Waals surface area contributed by atoms with E-state index in [1.165, 1.54) is 260 Å². The Morgan fingerprint density at radius 3 is 0.774 bits per heavy atom. The molecule has 22 aromatic rings. The van der Waals surface area contributed by atoms with Gasteiger partial charge in [0, 0.05) is 0 Å². The van der Waals surface area contributed by atoms with Gasteiger partial charge in [0.25, 0.3) is 0 Å². The Balaban J connectivity index is 0.732. The van der Waals surface area contributed by atoms with E-state index in [0.29, 0.717) is 0 Å². The predicted molar refractivity (Wildman–Crippen MR) is 447 cm³/mol. The molecule has 3 aliphatic carbocycles. The van der Waals surface area contributed by atoms with E-state index < -0.39 is 0 Å². The molecule has 0 spiro atoms.